The monoisotopic (exact) mass is 650 g/mol. The van der Waals surface area contributed by atoms with Gasteiger partial charge in [-0.25, -0.2) is 0 Å². The molecule has 0 heterocycles. The largest absolute Gasteiger partial charge is 0.508 e. The lowest BCUT2D eigenvalue weighted by atomic mass is 9.79. The van der Waals surface area contributed by atoms with Gasteiger partial charge in [-0.3, -0.25) is 14.8 Å². The summed E-state index contributed by atoms with van der Waals surface area (Å²) in [5, 5.41) is 39.6. The highest BCUT2D eigenvalue weighted by atomic mass is 32.2. The number of phenols is 2. The Morgan fingerprint density at radius 2 is 1.38 bits per heavy atom. The number of hydrogen-bond donors (Lipinski definition) is 2. The summed E-state index contributed by atoms with van der Waals surface area (Å²) in [6.07, 6.45) is 0. The average Bonchev–Trinajstić information content (AvgIpc) is 3.03. The molecule has 47 heavy (non-hydrogen) atoms. The van der Waals surface area contributed by atoms with E-state index in [1.54, 1.807) is 56.3 Å². The fourth-order valence-electron chi connectivity index (χ4n) is 5.64. The van der Waals surface area contributed by atoms with Crippen molar-refractivity contribution in [2.24, 2.45) is 15.4 Å². The topological polar surface area (TPSA) is 206 Å². The van der Waals surface area contributed by atoms with Crippen LogP contribution in [-0.2, 0) is 10.1 Å². The van der Waals surface area contributed by atoms with E-state index < -0.39 is 47.9 Å². The van der Waals surface area contributed by atoms with Crippen LogP contribution in [-0.4, -0.2) is 18.6 Å². The normalized spacial score (nSPS) is 12.4. The van der Waals surface area contributed by atoms with Crippen LogP contribution in [0.1, 0.15) is 44.9 Å². The molecule has 0 bridgehead atoms. The summed E-state index contributed by atoms with van der Waals surface area (Å²) < 4.78 is 34.0. The summed E-state index contributed by atoms with van der Waals surface area (Å²) >= 11 is 0. The van der Waals surface area contributed by atoms with Crippen molar-refractivity contribution >= 4 is 20.9 Å². The Morgan fingerprint density at radius 3 is 1.96 bits per heavy atom. The molecule has 5 aromatic carbocycles. The van der Waals surface area contributed by atoms with Crippen molar-refractivity contribution in [3.8, 4) is 17.2 Å². The van der Waals surface area contributed by atoms with Gasteiger partial charge in [-0.15, -0.1) is 0 Å². The van der Waals surface area contributed by atoms with E-state index in [4.69, 9.17) is 9.71 Å². The number of nitrogens with zero attached hydrogens (tertiary/aromatic N) is 6. The van der Waals surface area contributed by atoms with Gasteiger partial charge in [0.1, 0.15) is 22.1 Å². The Morgan fingerprint density at radius 1 is 0.787 bits per heavy atom. The van der Waals surface area contributed by atoms with E-state index in [9.17, 15) is 33.6 Å². The molecule has 0 amide bonds. The number of rotatable bonds is 7. The molecule has 14 heteroatoms. The van der Waals surface area contributed by atoms with Crippen LogP contribution in [0.25, 0.3) is 21.4 Å². The Bertz CT molecular complexity index is 2460. The van der Waals surface area contributed by atoms with E-state index >= 15 is 0 Å². The number of aromatic hydroxyl groups is 2. The van der Waals surface area contributed by atoms with Crippen LogP contribution in [0.2, 0.25) is 0 Å². The first-order valence-corrected chi connectivity index (χ1v) is 15.4. The van der Waals surface area contributed by atoms with E-state index in [1.165, 1.54) is 18.2 Å². The zero-order valence-corrected chi connectivity index (χ0v) is 26.3. The first kappa shape index (κ1) is 32.3. The summed E-state index contributed by atoms with van der Waals surface area (Å²) in [4.78, 5) is 25.0. The molecule has 0 saturated carbocycles. The molecule has 0 atom stereocenters. The van der Waals surface area contributed by atoms with Crippen molar-refractivity contribution in [2.45, 2.75) is 38.5 Å². The molecule has 13 nitrogen and oxygen atoms in total. The minimum Gasteiger partial charge on any atom is -0.508 e. The Balaban J connectivity index is 1.81. The van der Waals surface area contributed by atoms with Crippen molar-refractivity contribution in [2.75, 3.05) is 0 Å². The third-order valence-electron chi connectivity index (χ3n) is 7.93. The molecule has 0 radical (unpaired) electrons. The van der Waals surface area contributed by atoms with Gasteiger partial charge in [0.15, 0.2) is 10.5 Å². The number of aryl methyl sites for hydroxylation is 4. The molecular formula is C33H26N6O7S. The standard InChI is InChI=1S/C33H26N6O7S/c1-16-14-24(40)18(3)12-22(16)28(23-13-19(4)25(41)15-17(23)2)20-8-5-6-10-26(20)46-47(44,45)27-11-7-9-21-29(27)30(36-38-34)31(37-39-35)33(43)32(21)42/h5-15,28,40-41H,1-4H3. The lowest BCUT2D eigenvalue weighted by Gasteiger charge is -2.26. The van der Waals surface area contributed by atoms with Crippen LogP contribution in [0.3, 0.4) is 0 Å². The molecule has 2 N–H and O–H groups in total. The van der Waals surface area contributed by atoms with Crippen molar-refractivity contribution in [3.63, 3.8) is 0 Å². The van der Waals surface area contributed by atoms with Gasteiger partial charge in [-0.1, -0.05) is 42.5 Å². The van der Waals surface area contributed by atoms with Gasteiger partial charge >= 0.3 is 15.2 Å². The van der Waals surface area contributed by atoms with Crippen LogP contribution >= 0.6 is 0 Å². The van der Waals surface area contributed by atoms with Gasteiger partial charge in [-0.05, 0) is 85.3 Å². The number of para-hydroxylation sites is 1. The second kappa shape index (κ2) is 12.4. The Kier molecular flexibility index (Phi) is 8.51. The Labute approximate surface area is 267 Å². The fourth-order valence-corrected chi connectivity index (χ4v) is 6.82. The molecule has 5 aromatic rings. The lowest BCUT2D eigenvalue weighted by molar-refractivity contribution is 0.470. The number of diazo groups is 1. The Hall–Kier alpha value is -6.07. The van der Waals surface area contributed by atoms with Crippen LogP contribution in [0, 0.1) is 33.1 Å². The van der Waals surface area contributed by atoms with Crippen molar-refractivity contribution in [3.05, 3.63) is 147 Å². The predicted molar refractivity (Wildman–Crippen MR) is 171 cm³/mol. The van der Waals surface area contributed by atoms with Gasteiger partial charge in [0.25, 0.3) is 5.39 Å². The number of benzene rings is 5. The maximum Gasteiger partial charge on any atom is 0.339 e. The second-order valence-electron chi connectivity index (χ2n) is 10.9. The van der Waals surface area contributed by atoms with Gasteiger partial charge in [0.2, 0.25) is 10.9 Å². The maximum absolute atomic E-state index is 14.1. The molecule has 0 saturated heterocycles. The third kappa shape index (κ3) is 5.75. The highest BCUT2D eigenvalue weighted by molar-refractivity contribution is 7.87. The zero-order valence-electron chi connectivity index (χ0n) is 25.5. The molecule has 0 aliphatic rings. The second-order valence-corrected chi connectivity index (χ2v) is 12.4. The van der Waals surface area contributed by atoms with E-state index in [0.717, 1.165) is 17.2 Å². The van der Waals surface area contributed by atoms with Crippen LogP contribution in [0.4, 0.5) is 0 Å². The summed E-state index contributed by atoms with van der Waals surface area (Å²) in [6, 6.07) is 16.8. The summed E-state index contributed by atoms with van der Waals surface area (Å²) in [5.74, 6) is -0.574. The van der Waals surface area contributed by atoms with Crippen molar-refractivity contribution in [1.29, 1.82) is 5.39 Å². The minimum atomic E-state index is -4.85. The van der Waals surface area contributed by atoms with Gasteiger partial charge < -0.3 is 25.0 Å². The summed E-state index contributed by atoms with van der Waals surface area (Å²) in [6.45, 7) is 7.09. The van der Waals surface area contributed by atoms with E-state index in [0.29, 0.717) is 27.8 Å². The quantitative estimate of drug-likeness (QED) is 0.0637. The lowest BCUT2D eigenvalue weighted by Crippen LogP contribution is -2.48. The predicted octanol–water partition coefficient (Wildman–Crippen LogP) is 4.53. The van der Waals surface area contributed by atoms with E-state index in [2.05, 4.69) is 20.5 Å². The summed E-state index contributed by atoms with van der Waals surface area (Å²) in [5.41, 5.74) is 11.0. The molecule has 0 unspecified atom stereocenters. The fraction of sp³-hybridized carbons (Fsp3) is 0.152. The van der Waals surface area contributed by atoms with Crippen LogP contribution in [0.15, 0.2) is 96.6 Å². The van der Waals surface area contributed by atoms with Crippen LogP contribution < -0.4 is 25.8 Å². The molecule has 0 aliphatic carbocycles. The van der Waals surface area contributed by atoms with Crippen LogP contribution in [0.5, 0.6) is 17.2 Å². The zero-order chi connectivity index (χ0) is 34.2. The summed E-state index contributed by atoms with van der Waals surface area (Å²) in [7, 11) is -4.85. The van der Waals surface area contributed by atoms with Crippen molar-refractivity contribution in [1.82, 2.24) is 0 Å². The first-order valence-electron chi connectivity index (χ1n) is 14.0. The smallest absolute Gasteiger partial charge is 0.339 e. The average molecular weight is 651 g/mol. The molecule has 236 valence electrons. The SMILES string of the molecule is Cc1cc(C(c2cc(C)c(O)cc2C)c2ccccc2OS(=O)(=O)c2cccc3c(=O)c(=O)c(=NN=[N-])c(=N[N+]#N)c23)c(C)cc1O. The molecule has 0 spiro atoms. The van der Waals surface area contributed by atoms with Gasteiger partial charge in [-0.2, -0.15) is 8.42 Å². The highest BCUT2D eigenvalue weighted by Gasteiger charge is 2.29. The molecule has 5 rings (SSSR count). The highest BCUT2D eigenvalue weighted by Crippen LogP contribution is 2.43. The number of phenolic OH excluding ortho intramolecular Hbond substituents is 2. The molecular weight excluding hydrogens is 624 g/mol. The van der Waals surface area contributed by atoms with Crippen molar-refractivity contribution < 1.29 is 22.8 Å². The number of hydrogen-bond acceptors (Lipinski definition) is 10. The molecule has 0 aliphatic heterocycles. The molecule has 0 aromatic heterocycles. The van der Waals surface area contributed by atoms with Gasteiger partial charge in [0.05, 0.1) is 5.36 Å². The maximum atomic E-state index is 14.1. The molecule has 0 fully saturated rings. The minimum absolute atomic E-state index is 0.0848. The first-order chi connectivity index (χ1) is 22.3. The number of fused-ring (bicyclic) bond motifs is 1. The van der Waals surface area contributed by atoms with E-state index in [1.807, 2.05) is 13.8 Å². The van der Waals surface area contributed by atoms with E-state index in [-0.39, 0.29) is 22.6 Å². The third-order valence-corrected chi connectivity index (χ3v) is 9.21. The van der Waals surface area contributed by atoms with Gasteiger partial charge in [0, 0.05) is 22.3 Å².